The van der Waals surface area contributed by atoms with Crippen molar-refractivity contribution in [1.29, 1.82) is 0 Å². The number of nitrogens with zero attached hydrogens (tertiary/aromatic N) is 2. The van der Waals surface area contributed by atoms with E-state index in [2.05, 4.69) is 20.6 Å². The normalized spacial score (nSPS) is 11.4. The fraction of sp³-hybridized carbons (Fsp3) is 0.0476. The lowest BCUT2D eigenvalue weighted by Gasteiger charge is -2.16. The van der Waals surface area contributed by atoms with Crippen LogP contribution in [-0.2, 0) is 6.18 Å². The van der Waals surface area contributed by atoms with E-state index < -0.39 is 17.6 Å². The highest BCUT2D eigenvalue weighted by Gasteiger charge is 2.35. The van der Waals surface area contributed by atoms with Gasteiger partial charge in [-0.1, -0.05) is 30.3 Å². The van der Waals surface area contributed by atoms with Crippen molar-refractivity contribution >= 4 is 33.9 Å². The van der Waals surface area contributed by atoms with Crippen molar-refractivity contribution in [3.8, 4) is 11.5 Å². The molecule has 0 saturated carbocycles. The Balaban J connectivity index is 1.74. The molecular formula is C21H15F3N4O2. The van der Waals surface area contributed by atoms with Gasteiger partial charge in [0.2, 0.25) is 5.95 Å². The molecule has 0 amide bonds. The fourth-order valence-electron chi connectivity index (χ4n) is 2.91. The molecule has 0 aliphatic carbocycles. The van der Waals surface area contributed by atoms with E-state index in [0.29, 0.717) is 11.9 Å². The first-order valence-corrected chi connectivity index (χ1v) is 8.79. The second-order valence-corrected chi connectivity index (χ2v) is 6.47. The van der Waals surface area contributed by atoms with Crippen LogP contribution in [0.5, 0.6) is 11.5 Å². The number of anilines is 4. The zero-order valence-electron chi connectivity index (χ0n) is 15.3. The summed E-state index contributed by atoms with van der Waals surface area (Å²) in [7, 11) is 0. The largest absolute Gasteiger partial charge is 0.508 e. The average Bonchev–Trinajstić information content (AvgIpc) is 2.68. The van der Waals surface area contributed by atoms with Crippen LogP contribution in [-0.4, -0.2) is 20.2 Å². The van der Waals surface area contributed by atoms with E-state index in [1.165, 1.54) is 24.3 Å². The lowest BCUT2D eigenvalue weighted by molar-refractivity contribution is -0.137. The van der Waals surface area contributed by atoms with Crippen molar-refractivity contribution in [3.63, 3.8) is 0 Å². The Labute approximate surface area is 168 Å². The molecule has 0 radical (unpaired) electrons. The Morgan fingerprint density at radius 2 is 1.57 bits per heavy atom. The molecule has 3 aromatic carbocycles. The lowest BCUT2D eigenvalue weighted by atomic mass is 10.1. The summed E-state index contributed by atoms with van der Waals surface area (Å²) < 4.78 is 40.4. The number of alkyl halides is 3. The van der Waals surface area contributed by atoms with Gasteiger partial charge in [-0.15, -0.1) is 0 Å². The number of aromatic hydroxyl groups is 2. The van der Waals surface area contributed by atoms with E-state index in [1.807, 2.05) is 0 Å². The summed E-state index contributed by atoms with van der Waals surface area (Å²) in [5.74, 6) is -0.878. The van der Waals surface area contributed by atoms with E-state index in [4.69, 9.17) is 0 Å². The summed E-state index contributed by atoms with van der Waals surface area (Å²) in [5, 5.41) is 26.6. The monoisotopic (exact) mass is 412 g/mol. The second kappa shape index (κ2) is 7.43. The minimum atomic E-state index is -4.71. The SMILES string of the molecule is Oc1cccc(Nc2ncc(C(F)(F)F)c(Nc3cc4ccccc4cc3O)n2)c1. The van der Waals surface area contributed by atoms with E-state index in [-0.39, 0.29) is 23.1 Å². The van der Waals surface area contributed by atoms with Crippen LogP contribution in [0.2, 0.25) is 0 Å². The van der Waals surface area contributed by atoms with Crippen molar-refractivity contribution in [3.05, 3.63) is 72.4 Å². The van der Waals surface area contributed by atoms with Crippen LogP contribution in [0.3, 0.4) is 0 Å². The van der Waals surface area contributed by atoms with Crippen LogP contribution in [0.15, 0.2) is 66.9 Å². The van der Waals surface area contributed by atoms with Crippen molar-refractivity contribution in [2.75, 3.05) is 10.6 Å². The number of halogens is 3. The third kappa shape index (κ3) is 4.04. The number of aromatic nitrogens is 2. The first-order chi connectivity index (χ1) is 14.3. The van der Waals surface area contributed by atoms with Gasteiger partial charge in [0.1, 0.15) is 22.9 Å². The van der Waals surface area contributed by atoms with Gasteiger partial charge >= 0.3 is 6.18 Å². The number of phenols is 2. The van der Waals surface area contributed by atoms with Gasteiger partial charge in [0.05, 0.1) is 5.69 Å². The summed E-state index contributed by atoms with van der Waals surface area (Å²) in [6, 6.07) is 16.1. The molecule has 0 saturated heterocycles. The summed E-state index contributed by atoms with van der Waals surface area (Å²) in [4.78, 5) is 7.65. The molecule has 9 heteroatoms. The Kier molecular flexibility index (Phi) is 4.78. The van der Waals surface area contributed by atoms with Gasteiger partial charge in [0.25, 0.3) is 0 Å². The molecule has 0 atom stereocenters. The molecule has 0 aliphatic rings. The number of fused-ring (bicyclic) bond motifs is 1. The van der Waals surface area contributed by atoms with Crippen LogP contribution in [0, 0.1) is 0 Å². The Hall–Kier alpha value is -4.01. The molecule has 0 aliphatic heterocycles. The summed E-state index contributed by atoms with van der Waals surface area (Å²) in [6.07, 6.45) is -4.06. The zero-order chi connectivity index (χ0) is 21.3. The van der Waals surface area contributed by atoms with E-state index >= 15 is 0 Å². The molecule has 0 spiro atoms. The number of hydrogen-bond donors (Lipinski definition) is 4. The van der Waals surface area contributed by atoms with Crippen LogP contribution in [0.4, 0.5) is 36.3 Å². The number of nitrogens with one attached hydrogen (secondary N) is 2. The number of phenolic OH excluding ortho intramolecular Hbond substituents is 2. The van der Waals surface area contributed by atoms with Gasteiger partial charge in [0, 0.05) is 18.0 Å². The Morgan fingerprint density at radius 1 is 0.833 bits per heavy atom. The van der Waals surface area contributed by atoms with E-state index in [9.17, 15) is 23.4 Å². The van der Waals surface area contributed by atoms with Gasteiger partial charge in [-0.05, 0) is 35.0 Å². The van der Waals surface area contributed by atoms with Gasteiger partial charge in [-0.2, -0.15) is 18.2 Å². The third-order valence-corrected chi connectivity index (χ3v) is 4.31. The molecule has 30 heavy (non-hydrogen) atoms. The molecule has 4 N–H and O–H groups in total. The Morgan fingerprint density at radius 3 is 2.27 bits per heavy atom. The van der Waals surface area contributed by atoms with Crippen LogP contribution >= 0.6 is 0 Å². The highest BCUT2D eigenvalue weighted by Crippen LogP contribution is 2.38. The van der Waals surface area contributed by atoms with E-state index in [1.54, 1.807) is 36.4 Å². The number of hydrogen-bond acceptors (Lipinski definition) is 6. The van der Waals surface area contributed by atoms with Crippen molar-refractivity contribution in [2.24, 2.45) is 0 Å². The van der Waals surface area contributed by atoms with Crippen molar-refractivity contribution in [2.45, 2.75) is 6.18 Å². The maximum absolute atomic E-state index is 13.5. The highest BCUT2D eigenvalue weighted by molar-refractivity contribution is 5.89. The standard InChI is InChI=1S/C21H15F3N4O2/c22-21(23,24)16-11-25-20(26-14-6-3-7-15(29)10-14)28-19(16)27-17-8-12-4-1-2-5-13(12)9-18(17)30/h1-11,29-30H,(H2,25,26,27,28). The maximum atomic E-state index is 13.5. The summed E-state index contributed by atoms with van der Waals surface area (Å²) >= 11 is 0. The molecule has 1 aromatic heterocycles. The van der Waals surface area contributed by atoms with Crippen LogP contribution < -0.4 is 10.6 Å². The smallest absolute Gasteiger partial charge is 0.421 e. The highest BCUT2D eigenvalue weighted by atomic mass is 19.4. The Bertz CT molecular complexity index is 1230. The average molecular weight is 412 g/mol. The van der Waals surface area contributed by atoms with E-state index in [0.717, 1.165) is 10.8 Å². The van der Waals surface area contributed by atoms with Gasteiger partial charge in [-0.25, -0.2) is 4.98 Å². The minimum absolute atomic E-state index is 0.0219. The summed E-state index contributed by atoms with van der Waals surface area (Å²) in [6.45, 7) is 0. The number of benzene rings is 3. The fourth-order valence-corrected chi connectivity index (χ4v) is 2.91. The molecule has 0 bridgehead atoms. The molecule has 6 nitrogen and oxygen atoms in total. The van der Waals surface area contributed by atoms with Crippen molar-refractivity contribution in [1.82, 2.24) is 9.97 Å². The molecule has 4 aromatic rings. The predicted molar refractivity (Wildman–Crippen MR) is 107 cm³/mol. The topological polar surface area (TPSA) is 90.3 Å². The second-order valence-electron chi connectivity index (χ2n) is 6.47. The molecular weight excluding hydrogens is 397 g/mol. The predicted octanol–water partition coefficient (Wildman–Crippen LogP) is 5.55. The first-order valence-electron chi connectivity index (χ1n) is 8.79. The van der Waals surface area contributed by atoms with Crippen LogP contribution in [0.1, 0.15) is 5.56 Å². The van der Waals surface area contributed by atoms with Crippen molar-refractivity contribution < 1.29 is 23.4 Å². The van der Waals surface area contributed by atoms with Crippen LogP contribution in [0.25, 0.3) is 10.8 Å². The van der Waals surface area contributed by atoms with Gasteiger partial charge in [-0.3, -0.25) is 0 Å². The lowest BCUT2D eigenvalue weighted by Crippen LogP contribution is -2.12. The number of rotatable bonds is 4. The molecule has 1 heterocycles. The summed E-state index contributed by atoms with van der Waals surface area (Å²) in [5.41, 5.74) is -0.619. The molecule has 0 fully saturated rings. The maximum Gasteiger partial charge on any atom is 0.421 e. The molecule has 0 unspecified atom stereocenters. The van der Waals surface area contributed by atoms with Gasteiger partial charge < -0.3 is 20.8 Å². The minimum Gasteiger partial charge on any atom is -0.508 e. The first kappa shape index (κ1) is 19.3. The molecule has 152 valence electrons. The third-order valence-electron chi connectivity index (χ3n) is 4.31. The molecule has 4 rings (SSSR count). The quantitative estimate of drug-likeness (QED) is 0.329. The van der Waals surface area contributed by atoms with Gasteiger partial charge in [0.15, 0.2) is 0 Å². The zero-order valence-corrected chi connectivity index (χ0v) is 15.3.